The third-order valence-electron chi connectivity index (χ3n) is 3.97. The lowest BCUT2D eigenvalue weighted by Crippen LogP contribution is -2.15. The Kier molecular flexibility index (Phi) is 4.66. The van der Waals surface area contributed by atoms with E-state index in [0.29, 0.717) is 11.4 Å². The molecular formula is C18H17IN4O. The summed E-state index contributed by atoms with van der Waals surface area (Å²) in [4.78, 5) is 12.5. The Morgan fingerprint density at radius 1 is 1.08 bits per heavy atom. The normalized spacial score (nSPS) is 10.7. The molecule has 122 valence electrons. The van der Waals surface area contributed by atoms with E-state index in [1.165, 1.54) is 11.1 Å². The molecule has 1 N–H and O–H groups in total. The summed E-state index contributed by atoms with van der Waals surface area (Å²) in [6, 6.07) is 13.7. The maximum absolute atomic E-state index is 12.5. The fourth-order valence-corrected chi connectivity index (χ4v) is 2.91. The van der Waals surface area contributed by atoms with Gasteiger partial charge in [-0.05, 0) is 78.8 Å². The molecule has 3 rings (SSSR count). The van der Waals surface area contributed by atoms with Crippen LogP contribution in [-0.2, 0) is 0 Å². The highest BCUT2D eigenvalue weighted by atomic mass is 127. The average Bonchev–Trinajstić information content (AvgIpc) is 2.94. The molecule has 0 unspecified atom stereocenters. The molecule has 1 amide bonds. The summed E-state index contributed by atoms with van der Waals surface area (Å²) in [7, 11) is 0. The second-order valence-corrected chi connectivity index (χ2v) is 6.80. The van der Waals surface area contributed by atoms with Crippen molar-refractivity contribution in [2.24, 2.45) is 0 Å². The number of nitrogens with one attached hydrogen (secondary N) is 1. The Morgan fingerprint density at radius 3 is 2.54 bits per heavy atom. The summed E-state index contributed by atoms with van der Waals surface area (Å²) >= 11 is 2.19. The lowest BCUT2D eigenvalue weighted by molar-refractivity contribution is 0.102. The molecule has 2 aromatic carbocycles. The van der Waals surface area contributed by atoms with E-state index >= 15 is 0 Å². The quantitative estimate of drug-likeness (QED) is 0.636. The van der Waals surface area contributed by atoms with Gasteiger partial charge in [-0.3, -0.25) is 4.79 Å². The highest BCUT2D eigenvalue weighted by molar-refractivity contribution is 14.1. The molecule has 0 aliphatic carbocycles. The molecule has 6 heteroatoms. The number of rotatable bonds is 3. The van der Waals surface area contributed by atoms with Crippen molar-refractivity contribution in [1.29, 1.82) is 0 Å². The van der Waals surface area contributed by atoms with Crippen molar-refractivity contribution in [3.05, 3.63) is 68.5 Å². The average molecular weight is 432 g/mol. The van der Waals surface area contributed by atoms with Gasteiger partial charge >= 0.3 is 0 Å². The molecule has 0 bridgehead atoms. The van der Waals surface area contributed by atoms with Crippen LogP contribution in [0.4, 0.5) is 5.69 Å². The van der Waals surface area contributed by atoms with Gasteiger partial charge in [-0.15, -0.1) is 5.10 Å². The third kappa shape index (κ3) is 3.19. The second-order valence-electron chi connectivity index (χ2n) is 5.64. The summed E-state index contributed by atoms with van der Waals surface area (Å²) < 4.78 is 2.67. The molecule has 0 atom stereocenters. The topological polar surface area (TPSA) is 59.8 Å². The predicted octanol–water partition coefficient (Wildman–Crippen LogP) is 4.05. The summed E-state index contributed by atoms with van der Waals surface area (Å²) in [6.07, 6.45) is 0. The predicted molar refractivity (Wildman–Crippen MR) is 103 cm³/mol. The van der Waals surface area contributed by atoms with Crippen molar-refractivity contribution in [1.82, 2.24) is 15.0 Å². The zero-order valence-electron chi connectivity index (χ0n) is 13.7. The molecule has 1 heterocycles. The smallest absolute Gasteiger partial charge is 0.278 e. The largest absolute Gasteiger partial charge is 0.320 e. The van der Waals surface area contributed by atoms with E-state index in [-0.39, 0.29) is 5.91 Å². The third-order valence-corrected chi connectivity index (χ3v) is 4.91. The number of benzene rings is 2. The molecule has 0 aliphatic rings. The summed E-state index contributed by atoms with van der Waals surface area (Å²) in [5, 5.41) is 11.1. The van der Waals surface area contributed by atoms with Crippen LogP contribution >= 0.6 is 22.6 Å². The first-order valence-corrected chi connectivity index (χ1v) is 8.61. The van der Waals surface area contributed by atoms with Gasteiger partial charge in [-0.1, -0.05) is 23.4 Å². The van der Waals surface area contributed by atoms with Crippen molar-refractivity contribution < 1.29 is 4.79 Å². The summed E-state index contributed by atoms with van der Waals surface area (Å²) in [5.74, 6) is -0.258. The number of aromatic nitrogens is 3. The molecule has 5 nitrogen and oxygen atoms in total. The van der Waals surface area contributed by atoms with Crippen molar-refractivity contribution in [3.63, 3.8) is 0 Å². The SMILES string of the molecule is Cc1ccc(-n2nnc(C(=O)Nc3ccccc3I)c2C)cc1C. The molecular weight excluding hydrogens is 415 g/mol. The number of carbonyl (C=O) groups is 1. The number of hydrogen-bond donors (Lipinski definition) is 1. The molecule has 24 heavy (non-hydrogen) atoms. The van der Waals surface area contributed by atoms with Crippen LogP contribution in [0.25, 0.3) is 5.69 Å². The van der Waals surface area contributed by atoms with Gasteiger partial charge in [0.25, 0.3) is 5.91 Å². The van der Waals surface area contributed by atoms with E-state index in [1.54, 1.807) is 4.68 Å². The molecule has 0 saturated heterocycles. The molecule has 0 aliphatic heterocycles. The number of amides is 1. The Labute approximate surface area is 154 Å². The van der Waals surface area contributed by atoms with Crippen LogP contribution in [-0.4, -0.2) is 20.9 Å². The zero-order valence-corrected chi connectivity index (χ0v) is 15.8. The first-order valence-electron chi connectivity index (χ1n) is 7.53. The molecule has 0 spiro atoms. The number of anilines is 1. The van der Waals surface area contributed by atoms with Crippen LogP contribution < -0.4 is 5.32 Å². The standard InChI is InChI=1S/C18H17IN4O/c1-11-8-9-14(10-12(11)2)23-13(3)17(21-22-23)18(24)20-16-7-5-4-6-15(16)19/h4-10H,1-3H3,(H,20,24). The monoisotopic (exact) mass is 432 g/mol. The van der Waals surface area contributed by atoms with E-state index < -0.39 is 0 Å². The highest BCUT2D eigenvalue weighted by Crippen LogP contribution is 2.20. The minimum Gasteiger partial charge on any atom is -0.320 e. The fourth-order valence-electron chi connectivity index (χ4n) is 2.39. The molecule has 3 aromatic rings. The van der Waals surface area contributed by atoms with Gasteiger partial charge < -0.3 is 5.32 Å². The first-order chi connectivity index (χ1) is 11.5. The van der Waals surface area contributed by atoms with E-state index in [9.17, 15) is 4.79 Å². The second kappa shape index (κ2) is 6.72. The van der Waals surface area contributed by atoms with Gasteiger partial charge in [0.15, 0.2) is 5.69 Å². The molecule has 0 radical (unpaired) electrons. The van der Waals surface area contributed by atoms with Crippen molar-refractivity contribution in [2.75, 3.05) is 5.32 Å². The number of halogens is 1. The van der Waals surface area contributed by atoms with Crippen molar-refractivity contribution >= 4 is 34.2 Å². The van der Waals surface area contributed by atoms with E-state index in [4.69, 9.17) is 0 Å². The van der Waals surface area contributed by atoms with E-state index in [1.807, 2.05) is 49.4 Å². The van der Waals surface area contributed by atoms with Gasteiger partial charge in [0.05, 0.1) is 17.1 Å². The van der Waals surface area contributed by atoms with E-state index in [0.717, 1.165) is 14.9 Å². The van der Waals surface area contributed by atoms with Crippen molar-refractivity contribution in [2.45, 2.75) is 20.8 Å². The Balaban J connectivity index is 1.91. The van der Waals surface area contributed by atoms with Gasteiger partial charge in [0.2, 0.25) is 0 Å². The Morgan fingerprint density at radius 2 is 1.83 bits per heavy atom. The van der Waals surface area contributed by atoms with Gasteiger partial charge in [0, 0.05) is 3.57 Å². The zero-order chi connectivity index (χ0) is 17.3. The summed E-state index contributed by atoms with van der Waals surface area (Å²) in [6.45, 7) is 5.96. The van der Waals surface area contributed by atoms with Crippen molar-refractivity contribution in [3.8, 4) is 5.69 Å². The van der Waals surface area contributed by atoms with Crippen LogP contribution in [0.5, 0.6) is 0 Å². The number of hydrogen-bond acceptors (Lipinski definition) is 3. The summed E-state index contributed by atoms with van der Waals surface area (Å²) in [5.41, 5.74) is 5.09. The van der Waals surface area contributed by atoms with Gasteiger partial charge in [0.1, 0.15) is 0 Å². The number of nitrogens with zero attached hydrogens (tertiary/aromatic N) is 3. The lowest BCUT2D eigenvalue weighted by atomic mass is 10.1. The number of carbonyl (C=O) groups excluding carboxylic acids is 1. The van der Waals surface area contributed by atoms with Crippen LogP contribution in [0.2, 0.25) is 0 Å². The Hall–Kier alpha value is -2.22. The molecule has 0 fully saturated rings. The Bertz CT molecular complexity index is 917. The van der Waals surface area contributed by atoms with Crippen LogP contribution in [0, 0.1) is 24.3 Å². The number of aryl methyl sites for hydroxylation is 2. The molecule has 1 aromatic heterocycles. The minimum atomic E-state index is -0.258. The minimum absolute atomic E-state index is 0.258. The maximum Gasteiger partial charge on any atom is 0.278 e. The fraction of sp³-hybridized carbons (Fsp3) is 0.167. The van der Waals surface area contributed by atoms with Crippen LogP contribution in [0.1, 0.15) is 27.3 Å². The highest BCUT2D eigenvalue weighted by Gasteiger charge is 2.18. The van der Waals surface area contributed by atoms with Crippen LogP contribution in [0.15, 0.2) is 42.5 Å². The van der Waals surface area contributed by atoms with Gasteiger partial charge in [-0.2, -0.15) is 0 Å². The van der Waals surface area contributed by atoms with Crippen LogP contribution in [0.3, 0.4) is 0 Å². The number of para-hydroxylation sites is 1. The van der Waals surface area contributed by atoms with E-state index in [2.05, 4.69) is 52.1 Å². The maximum atomic E-state index is 12.5. The molecule has 0 saturated carbocycles. The van der Waals surface area contributed by atoms with Gasteiger partial charge in [-0.25, -0.2) is 4.68 Å². The first kappa shape index (κ1) is 16.6. The lowest BCUT2D eigenvalue weighted by Gasteiger charge is -2.08.